The Morgan fingerprint density at radius 2 is 2.00 bits per heavy atom. The highest BCUT2D eigenvalue weighted by Crippen LogP contribution is 2.59. The molecule has 0 N–H and O–H groups in total. The minimum atomic E-state index is 0.593. The summed E-state index contributed by atoms with van der Waals surface area (Å²) in [6.45, 7) is 7.07. The second-order valence-electron chi connectivity index (χ2n) is 5.14. The van der Waals surface area contributed by atoms with E-state index >= 15 is 0 Å². The molecule has 12 heavy (non-hydrogen) atoms. The molecule has 3 atom stereocenters. The topological polar surface area (TPSA) is 0 Å². The first-order chi connectivity index (χ1) is 5.66. The fourth-order valence-corrected chi connectivity index (χ4v) is 3.51. The second-order valence-corrected chi connectivity index (χ2v) is 5.14. The molecule has 2 fully saturated rings. The molecule has 2 rings (SSSR count). The predicted molar refractivity (Wildman–Crippen MR) is 52.9 cm³/mol. The van der Waals surface area contributed by atoms with E-state index in [4.69, 9.17) is 0 Å². The molecule has 0 nitrogen and oxygen atoms in total. The molecular formula is C12H20. The van der Waals surface area contributed by atoms with Crippen LogP contribution in [0.15, 0.2) is 12.2 Å². The van der Waals surface area contributed by atoms with Crippen LogP contribution in [-0.2, 0) is 0 Å². The van der Waals surface area contributed by atoms with Gasteiger partial charge in [-0.2, -0.15) is 0 Å². The van der Waals surface area contributed by atoms with Gasteiger partial charge in [-0.15, -0.1) is 0 Å². The molecule has 0 aliphatic heterocycles. The van der Waals surface area contributed by atoms with Gasteiger partial charge in [0.15, 0.2) is 0 Å². The smallest absolute Gasteiger partial charge is 0.0151 e. The van der Waals surface area contributed by atoms with E-state index in [1.54, 1.807) is 0 Å². The van der Waals surface area contributed by atoms with Gasteiger partial charge in [-0.25, -0.2) is 0 Å². The molecule has 0 aromatic heterocycles. The summed E-state index contributed by atoms with van der Waals surface area (Å²) >= 11 is 0. The van der Waals surface area contributed by atoms with Gasteiger partial charge in [0.05, 0.1) is 0 Å². The molecule has 68 valence electrons. The zero-order valence-electron chi connectivity index (χ0n) is 8.51. The monoisotopic (exact) mass is 164 g/mol. The molecule has 2 saturated carbocycles. The molecule has 0 heterocycles. The quantitative estimate of drug-likeness (QED) is 0.519. The minimum absolute atomic E-state index is 0.593. The minimum Gasteiger partial charge on any atom is -0.0914 e. The van der Waals surface area contributed by atoms with Crippen molar-refractivity contribution >= 4 is 0 Å². The third-order valence-corrected chi connectivity index (χ3v) is 4.29. The highest BCUT2D eigenvalue weighted by Gasteiger charge is 2.51. The highest BCUT2D eigenvalue weighted by molar-refractivity contribution is 5.08. The summed E-state index contributed by atoms with van der Waals surface area (Å²) in [5.74, 6) is 2.91. The fraction of sp³-hybridized carbons (Fsp3) is 0.833. The SMILES string of the molecule is CC=CC1C2CCC(C2)C1(C)C. The van der Waals surface area contributed by atoms with E-state index in [-0.39, 0.29) is 0 Å². The van der Waals surface area contributed by atoms with Crippen LogP contribution in [0.5, 0.6) is 0 Å². The lowest BCUT2D eigenvalue weighted by molar-refractivity contribution is 0.159. The summed E-state index contributed by atoms with van der Waals surface area (Å²) < 4.78 is 0. The summed E-state index contributed by atoms with van der Waals surface area (Å²) in [4.78, 5) is 0. The molecule has 0 saturated heterocycles. The standard InChI is InChI=1S/C12H20/c1-4-5-11-9-6-7-10(8-9)12(11,2)3/h4-5,9-11H,6-8H2,1-3H3. The first kappa shape index (κ1) is 8.34. The number of allylic oxidation sites excluding steroid dienone is 2. The third kappa shape index (κ3) is 0.967. The van der Waals surface area contributed by atoms with Crippen LogP contribution in [0.2, 0.25) is 0 Å². The van der Waals surface area contributed by atoms with E-state index in [9.17, 15) is 0 Å². The van der Waals surface area contributed by atoms with Crippen molar-refractivity contribution in [3.8, 4) is 0 Å². The largest absolute Gasteiger partial charge is 0.0914 e. The number of hydrogen-bond acceptors (Lipinski definition) is 0. The maximum Gasteiger partial charge on any atom is -0.0151 e. The Balaban J connectivity index is 2.23. The first-order valence-electron chi connectivity index (χ1n) is 5.29. The lowest BCUT2D eigenvalue weighted by atomic mass is 9.69. The van der Waals surface area contributed by atoms with Gasteiger partial charge in [-0.1, -0.05) is 26.0 Å². The zero-order valence-corrected chi connectivity index (χ0v) is 8.51. The Morgan fingerprint density at radius 1 is 1.25 bits per heavy atom. The maximum absolute atomic E-state index is 2.46. The van der Waals surface area contributed by atoms with Gasteiger partial charge in [-0.05, 0) is 49.4 Å². The van der Waals surface area contributed by atoms with Crippen molar-refractivity contribution in [1.82, 2.24) is 0 Å². The molecule has 0 heteroatoms. The average molecular weight is 164 g/mol. The lowest BCUT2D eigenvalue weighted by Gasteiger charge is -2.36. The van der Waals surface area contributed by atoms with Crippen molar-refractivity contribution in [1.29, 1.82) is 0 Å². The molecule has 0 spiro atoms. The second kappa shape index (κ2) is 2.61. The van der Waals surface area contributed by atoms with E-state index in [1.165, 1.54) is 19.3 Å². The Labute approximate surface area is 76.1 Å². The summed E-state index contributed by atoms with van der Waals surface area (Å²) in [5.41, 5.74) is 0.593. The van der Waals surface area contributed by atoms with Crippen molar-refractivity contribution in [2.45, 2.75) is 40.0 Å². The number of fused-ring (bicyclic) bond motifs is 2. The number of rotatable bonds is 1. The molecular weight excluding hydrogens is 144 g/mol. The van der Waals surface area contributed by atoms with Crippen LogP contribution in [-0.4, -0.2) is 0 Å². The Kier molecular flexibility index (Phi) is 1.82. The Hall–Kier alpha value is -0.260. The van der Waals surface area contributed by atoms with Crippen molar-refractivity contribution < 1.29 is 0 Å². The summed E-state index contributed by atoms with van der Waals surface area (Å²) in [5, 5.41) is 0. The van der Waals surface area contributed by atoms with Gasteiger partial charge < -0.3 is 0 Å². The van der Waals surface area contributed by atoms with E-state index in [0.29, 0.717) is 5.41 Å². The molecule has 2 bridgehead atoms. The molecule has 2 aliphatic carbocycles. The molecule has 0 amide bonds. The average Bonchev–Trinajstić information content (AvgIpc) is 2.53. The Morgan fingerprint density at radius 3 is 2.50 bits per heavy atom. The summed E-state index contributed by atoms with van der Waals surface area (Å²) in [6, 6.07) is 0. The van der Waals surface area contributed by atoms with Crippen molar-refractivity contribution in [3.05, 3.63) is 12.2 Å². The lowest BCUT2D eigenvalue weighted by Crippen LogP contribution is -2.29. The van der Waals surface area contributed by atoms with Gasteiger partial charge in [0, 0.05) is 0 Å². The van der Waals surface area contributed by atoms with Crippen LogP contribution in [0.1, 0.15) is 40.0 Å². The zero-order chi connectivity index (χ0) is 8.77. The van der Waals surface area contributed by atoms with E-state index in [1.807, 2.05) is 0 Å². The Bertz CT molecular complexity index is 200. The fourth-order valence-electron chi connectivity index (χ4n) is 3.51. The third-order valence-electron chi connectivity index (χ3n) is 4.29. The van der Waals surface area contributed by atoms with Gasteiger partial charge in [-0.3, -0.25) is 0 Å². The van der Waals surface area contributed by atoms with Crippen molar-refractivity contribution in [2.75, 3.05) is 0 Å². The maximum atomic E-state index is 2.46. The van der Waals surface area contributed by atoms with Gasteiger partial charge in [0.2, 0.25) is 0 Å². The van der Waals surface area contributed by atoms with Crippen LogP contribution in [0.4, 0.5) is 0 Å². The molecule has 0 aromatic rings. The van der Waals surface area contributed by atoms with E-state index in [0.717, 1.165) is 17.8 Å². The van der Waals surface area contributed by atoms with Gasteiger partial charge in [0.1, 0.15) is 0 Å². The molecule has 2 aliphatic rings. The van der Waals surface area contributed by atoms with Gasteiger partial charge in [0.25, 0.3) is 0 Å². The highest BCUT2D eigenvalue weighted by atomic mass is 14.6. The van der Waals surface area contributed by atoms with Crippen LogP contribution >= 0.6 is 0 Å². The van der Waals surface area contributed by atoms with Crippen LogP contribution in [0.25, 0.3) is 0 Å². The van der Waals surface area contributed by atoms with E-state index < -0.39 is 0 Å². The first-order valence-corrected chi connectivity index (χ1v) is 5.29. The summed E-state index contributed by atoms with van der Waals surface area (Å²) in [6.07, 6.45) is 9.17. The number of hydrogen-bond donors (Lipinski definition) is 0. The molecule has 0 radical (unpaired) electrons. The van der Waals surface area contributed by atoms with Gasteiger partial charge >= 0.3 is 0 Å². The van der Waals surface area contributed by atoms with Crippen LogP contribution in [0.3, 0.4) is 0 Å². The van der Waals surface area contributed by atoms with Crippen LogP contribution in [0, 0.1) is 23.2 Å². The van der Waals surface area contributed by atoms with Crippen molar-refractivity contribution in [3.63, 3.8) is 0 Å². The normalized spacial score (nSPS) is 44.4. The van der Waals surface area contributed by atoms with E-state index in [2.05, 4.69) is 32.9 Å². The van der Waals surface area contributed by atoms with Crippen molar-refractivity contribution in [2.24, 2.45) is 23.2 Å². The summed E-state index contributed by atoms with van der Waals surface area (Å²) in [7, 11) is 0. The molecule has 3 unspecified atom stereocenters. The van der Waals surface area contributed by atoms with Crippen LogP contribution < -0.4 is 0 Å². The predicted octanol–water partition coefficient (Wildman–Crippen LogP) is 3.63. The molecule has 0 aromatic carbocycles.